The zero-order chi connectivity index (χ0) is 22.0. The van der Waals surface area contributed by atoms with Gasteiger partial charge in [-0.15, -0.1) is 0 Å². The number of carboxylic acid groups (broad SMARTS) is 1. The summed E-state index contributed by atoms with van der Waals surface area (Å²) in [5, 5.41) is 12.3. The molecule has 3 aliphatic rings. The highest BCUT2D eigenvalue weighted by Gasteiger charge is 2.50. The number of nitrogens with zero attached hydrogens (tertiary/aromatic N) is 2. The quantitative estimate of drug-likeness (QED) is 0.646. The Kier molecular flexibility index (Phi) is 6.29. The number of amides is 2. The molecule has 0 bridgehead atoms. The highest BCUT2D eigenvalue weighted by atomic mass is 16.5. The van der Waals surface area contributed by atoms with E-state index >= 15 is 0 Å². The van der Waals surface area contributed by atoms with Crippen LogP contribution >= 0.6 is 0 Å². The lowest BCUT2D eigenvalue weighted by Gasteiger charge is -2.41. The van der Waals surface area contributed by atoms with Crippen LogP contribution in [-0.2, 0) is 19.1 Å². The number of carbonyl (C=O) groups excluding carboxylic acids is 2. The van der Waals surface area contributed by atoms with Crippen molar-refractivity contribution in [3.8, 4) is 0 Å². The van der Waals surface area contributed by atoms with Crippen LogP contribution in [0.15, 0.2) is 30.3 Å². The number of methoxy groups -OCH3 is 1. The molecule has 2 N–H and O–H groups in total. The van der Waals surface area contributed by atoms with E-state index in [9.17, 15) is 14.4 Å². The molecule has 168 valence electrons. The fraction of sp³-hybridized carbons (Fsp3) is 0.609. The molecule has 3 atom stereocenters. The van der Waals surface area contributed by atoms with Crippen molar-refractivity contribution >= 4 is 17.8 Å². The van der Waals surface area contributed by atoms with Crippen LogP contribution in [0.3, 0.4) is 0 Å². The first kappa shape index (κ1) is 21.8. The molecule has 2 saturated heterocycles. The molecule has 4 rings (SSSR count). The monoisotopic (exact) mass is 429 g/mol. The largest absolute Gasteiger partial charge is 0.480 e. The minimum atomic E-state index is -0.947. The Hall–Kier alpha value is -2.45. The van der Waals surface area contributed by atoms with E-state index in [0.29, 0.717) is 26.1 Å². The molecule has 3 fully saturated rings. The van der Waals surface area contributed by atoms with Gasteiger partial charge in [-0.25, -0.2) is 0 Å². The third kappa shape index (κ3) is 4.45. The van der Waals surface area contributed by atoms with Gasteiger partial charge in [-0.1, -0.05) is 36.8 Å². The van der Waals surface area contributed by atoms with Crippen molar-refractivity contribution in [2.45, 2.75) is 37.8 Å². The summed E-state index contributed by atoms with van der Waals surface area (Å²) in [6.07, 6.45) is 3.78. The highest BCUT2D eigenvalue weighted by Crippen LogP contribution is 2.44. The molecule has 1 saturated carbocycles. The Labute approximate surface area is 182 Å². The van der Waals surface area contributed by atoms with Crippen molar-refractivity contribution in [2.24, 2.45) is 11.3 Å². The van der Waals surface area contributed by atoms with Gasteiger partial charge in [0.1, 0.15) is 0 Å². The number of benzene rings is 1. The molecule has 2 heterocycles. The predicted molar refractivity (Wildman–Crippen MR) is 113 cm³/mol. The molecule has 8 nitrogen and oxygen atoms in total. The number of piperazine rings is 1. The predicted octanol–water partition coefficient (Wildman–Crippen LogP) is 1.28. The average Bonchev–Trinajstić information content (AvgIpc) is 3.10. The summed E-state index contributed by atoms with van der Waals surface area (Å²) in [4.78, 5) is 41.0. The standard InChI is InChI=1S/C23H31N3O5/c1-31-15-23(8-5-9-23)14-24-22(30)18-10-17-11-25(13-20(28)29)12-19(27)26(17)21(18)16-6-3-2-4-7-16/h2-4,6-7,17-18,21H,5,8-15H2,1H3,(H,24,30)(H,28,29)/t17-,18-,21-/m1/s1. The zero-order valence-corrected chi connectivity index (χ0v) is 18.0. The molecule has 1 aliphatic carbocycles. The average molecular weight is 430 g/mol. The first-order valence-corrected chi connectivity index (χ1v) is 11.0. The number of hydrogen-bond acceptors (Lipinski definition) is 5. The van der Waals surface area contributed by atoms with Crippen LogP contribution in [0.1, 0.15) is 37.3 Å². The number of nitrogens with one attached hydrogen (secondary N) is 1. The molecule has 1 aromatic rings. The molecular weight excluding hydrogens is 398 g/mol. The normalized spacial score (nSPS) is 27.5. The molecule has 0 radical (unpaired) electrons. The van der Waals surface area contributed by atoms with Crippen LogP contribution in [0, 0.1) is 11.3 Å². The van der Waals surface area contributed by atoms with E-state index in [-0.39, 0.29) is 48.3 Å². The minimum absolute atomic E-state index is 0.0202. The van der Waals surface area contributed by atoms with Crippen LogP contribution in [0.25, 0.3) is 0 Å². The summed E-state index contributed by atoms with van der Waals surface area (Å²) in [6.45, 7) is 1.59. The summed E-state index contributed by atoms with van der Waals surface area (Å²) in [5.41, 5.74) is 0.965. The van der Waals surface area contributed by atoms with Crippen molar-refractivity contribution in [1.29, 1.82) is 0 Å². The third-order valence-electron chi connectivity index (χ3n) is 7.06. The maximum Gasteiger partial charge on any atom is 0.317 e. The second kappa shape index (κ2) is 8.96. The van der Waals surface area contributed by atoms with Crippen molar-refractivity contribution in [3.05, 3.63) is 35.9 Å². The number of rotatable bonds is 8. The van der Waals surface area contributed by atoms with Crippen LogP contribution in [0.5, 0.6) is 0 Å². The van der Waals surface area contributed by atoms with E-state index in [0.717, 1.165) is 24.8 Å². The summed E-state index contributed by atoms with van der Waals surface area (Å²) in [5.74, 6) is -1.46. The van der Waals surface area contributed by atoms with Crippen LogP contribution in [-0.4, -0.2) is 78.6 Å². The van der Waals surface area contributed by atoms with Gasteiger partial charge in [0.05, 0.1) is 31.7 Å². The van der Waals surface area contributed by atoms with Gasteiger partial charge in [-0.2, -0.15) is 0 Å². The SMILES string of the molecule is COCC1(CNC(=O)[C@@H]2C[C@@H]3CN(CC(=O)O)CC(=O)N3[C@@H]2c2ccccc2)CCC1. The van der Waals surface area contributed by atoms with Gasteiger partial charge in [0.15, 0.2) is 0 Å². The maximum absolute atomic E-state index is 13.3. The fourth-order valence-electron chi connectivity index (χ4n) is 5.48. The van der Waals surface area contributed by atoms with Crippen molar-refractivity contribution in [1.82, 2.24) is 15.1 Å². The van der Waals surface area contributed by atoms with Crippen molar-refractivity contribution < 1.29 is 24.2 Å². The Balaban J connectivity index is 1.53. The number of hydrogen-bond donors (Lipinski definition) is 2. The minimum Gasteiger partial charge on any atom is -0.480 e. The molecule has 0 unspecified atom stereocenters. The topological polar surface area (TPSA) is 99.2 Å². The van der Waals surface area contributed by atoms with Crippen LogP contribution < -0.4 is 5.32 Å². The van der Waals surface area contributed by atoms with Gasteiger partial charge in [-0.05, 0) is 24.8 Å². The highest BCUT2D eigenvalue weighted by molar-refractivity contribution is 5.85. The first-order chi connectivity index (χ1) is 14.9. The number of aliphatic carboxylic acids is 1. The number of carboxylic acids is 1. The molecule has 2 amide bonds. The van der Waals surface area contributed by atoms with Gasteiger partial charge < -0.3 is 20.1 Å². The lowest BCUT2D eigenvalue weighted by Crippen LogP contribution is -2.55. The van der Waals surface area contributed by atoms with E-state index in [1.807, 2.05) is 35.2 Å². The Morgan fingerprint density at radius 2 is 2.00 bits per heavy atom. The van der Waals surface area contributed by atoms with E-state index in [4.69, 9.17) is 9.84 Å². The summed E-state index contributed by atoms with van der Waals surface area (Å²) in [6, 6.07) is 9.19. The van der Waals surface area contributed by atoms with Gasteiger partial charge in [0.25, 0.3) is 0 Å². The van der Waals surface area contributed by atoms with E-state index in [2.05, 4.69) is 5.32 Å². The second-order valence-corrected chi connectivity index (χ2v) is 9.22. The lowest BCUT2D eigenvalue weighted by atomic mass is 9.69. The molecule has 8 heteroatoms. The second-order valence-electron chi connectivity index (χ2n) is 9.22. The van der Waals surface area contributed by atoms with E-state index < -0.39 is 5.97 Å². The molecule has 1 aromatic carbocycles. The number of ether oxygens (including phenoxy) is 1. The molecule has 0 aromatic heterocycles. The molecule has 0 spiro atoms. The summed E-state index contributed by atoms with van der Waals surface area (Å²) < 4.78 is 5.37. The van der Waals surface area contributed by atoms with Crippen LogP contribution in [0.4, 0.5) is 0 Å². The third-order valence-corrected chi connectivity index (χ3v) is 7.06. The number of fused-ring (bicyclic) bond motifs is 1. The maximum atomic E-state index is 13.3. The van der Waals surface area contributed by atoms with E-state index in [1.165, 1.54) is 0 Å². The Bertz CT molecular complexity index is 826. The Morgan fingerprint density at radius 1 is 1.26 bits per heavy atom. The van der Waals surface area contributed by atoms with Crippen molar-refractivity contribution in [3.63, 3.8) is 0 Å². The van der Waals surface area contributed by atoms with Crippen LogP contribution in [0.2, 0.25) is 0 Å². The first-order valence-electron chi connectivity index (χ1n) is 11.0. The lowest BCUT2D eigenvalue weighted by molar-refractivity contribution is -0.145. The van der Waals surface area contributed by atoms with Gasteiger partial charge in [0.2, 0.25) is 11.8 Å². The summed E-state index contributed by atoms with van der Waals surface area (Å²) >= 11 is 0. The number of carbonyl (C=O) groups is 3. The Morgan fingerprint density at radius 3 is 2.61 bits per heavy atom. The zero-order valence-electron chi connectivity index (χ0n) is 18.0. The fourth-order valence-corrected chi connectivity index (χ4v) is 5.48. The van der Waals surface area contributed by atoms with Crippen molar-refractivity contribution in [2.75, 3.05) is 39.9 Å². The van der Waals surface area contributed by atoms with Gasteiger partial charge in [0, 0.05) is 31.7 Å². The summed E-state index contributed by atoms with van der Waals surface area (Å²) in [7, 11) is 1.69. The van der Waals surface area contributed by atoms with Gasteiger partial charge in [-0.3, -0.25) is 19.3 Å². The molecule has 31 heavy (non-hydrogen) atoms. The van der Waals surface area contributed by atoms with Gasteiger partial charge >= 0.3 is 5.97 Å². The van der Waals surface area contributed by atoms with E-state index in [1.54, 1.807) is 12.0 Å². The smallest absolute Gasteiger partial charge is 0.317 e. The molecular formula is C23H31N3O5. The molecule has 2 aliphatic heterocycles.